The number of benzene rings is 2. The highest BCUT2D eigenvalue weighted by molar-refractivity contribution is 5.81. The Morgan fingerprint density at radius 2 is 1.08 bits per heavy atom. The highest BCUT2D eigenvalue weighted by Gasteiger charge is 2.31. The van der Waals surface area contributed by atoms with Crippen molar-refractivity contribution in [3.8, 4) is 0 Å². The molecule has 61 heavy (non-hydrogen) atoms. The third-order valence-corrected chi connectivity index (χ3v) is 8.81. The van der Waals surface area contributed by atoms with E-state index in [0.717, 1.165) is 11.1 Å². The van der Waals surface area contributed by atoms with Crippen LogP contribution in [0.3, 0.4) is 0 Å². The summed E-state index contributed by atoms with van der Waals surface area (Å²) in [5.74, 6) is -0.936. The summed E-state index contributed by atoms with van der Waals surface area (Å²) in [7, 11) is -1.00. The van der Waals surface area contributed by atoms with Gasteiger partial charge >= 0.3 is 30.3 Å². The van der Waals surface area contributed by atoms with Gasteiger partial charge in [-0.1, -0.05) is 60.7 Å². The van der Waals surface area contributed by atoms with E-state index in [2.05, 4.69) is 10.6 Å². The number of nitrogens with one attached hydrogen (secondary N) is 2. The lowest BCUT2D eigenvalue weighted by Crippen LogP contribution is -2.43. The van der Waals surface area contributed by atoms with Crippen LogP contribution >= 0.6 is 0 Å². The van der Waals surface area contributed by atoms with Gasteiger partial charge in [-0.2, -0.15) is 0 Å². The van der Waals surface area contributed by atoms with Crippen molar-refractivity contribution in [2.45, 2.75) is 104 Å². The van der Waals surface area contributed by atoms with E-state index in [0.29, 0.717) is 84.3 Å². The van der Waals surface area contributed by atoms with E-state index in [-0.39, 0.29) is 43.0 Å². The van der Waals surface area contributed by atoms with E-state index >= 15 is 0 Å². The molecule has 0 aliphatic carbocycles. The van der Waals surface area contributed by atoms with Crippen molar-refractivity contribution in [2.75, 3.05) is 53.0 Å². The zero-order valence-electron chi connectivity index (χ0n) is 37.6. The number of piperidine rings is 2. The van der Waals surface area contributed by atoms with Crippen molar-refractivity contribution in [3.63, 3.8) is 0 Å². The summed E-state index contributed by atoms with van der Waals surface area (Å²) < 4.78 is 36.1. The van der Waals surface area contributed by atoms with Crippen molar-refractivity contribution in [1.29, 1.82) is 0 Å². The number of aliphatic carboxylic acids is 1. The minimum Gasteiger partial charge on any atom is -0.481 e. The molecule has 4 rings (SSSR count). The van der Waals surface area contributed by atoms with Gasteiger partial charge in [0.05, 0.1) is 14.4 Å². The lowest BCUT2D eigenvalue weighted by Gasteiger charge is -2.33. The minimum atomic E-state index is -1.00. The number of carboxylic acid groups (broad SMARTS) is 1. The number of ketones is 1. The van der Waals surface area contributed by atoms with Gasteiger partial charge < -0.3 is 50.2 Å². The van der Waals surface area contributed by atoms with Gasteiger partial charge in [0.25, 0.3) is 0 Å². The molecule has 342 valence electrons. The summed E-state index contributed by atoms with van der Waals surface area (Å²) in [6.07, 6.45) is 1.74. The van der Waals surface area contributed by atoms with E-state index in [9.17, 15) is 33.2 Å². The van der Waals surface area contributed by atoms with Crippen LogP contribution in [0.15, 0.2) is 60.7 Å². The van der Waals surface area contributed by atoms with E-state index in [1.165, 1.54) is 0 Å². The zero-order chi connectivity index (χ0) is 46.6. The fraction of sp³-hybridized carbons (Fsp3) is 0.591. The highest BCUT2D eigenvalue weighted by atomic mass is 19.1. The van der Waals surface area contributed by atoms with Crippen LogP contribution < -0.4 is 16.4 Å². The molecule has 0 spiro atoms. The standard InChI is InChI=1S/C22H32N2O5.C11H19NO4.C10H14N2O2.CH3F/c1-22(2,3)29-21(27)24-14-11-18(12-15-24)19(25)10-7-13-23-20(26)28-16-17-8-5-4-6-9-17;1-11(2,3)16-10(15)12-6-4-8(5-7-12)9(13)14;11-6-7-12-10(13)14-8-9-4-2-1-3-5-9;1-2/h4-6,8-9,18H,7,10-16H2,1-3H3,(H,23,26);8H,4-7H2,1-3H3,(H,13,14);1-5H,6-8,11H2,(H,12,13);1H3/i;;;1D. The second-order valence-electron chi connectivity index (χ2n) is 16.2. The minimum absolute atomic E-state index is 0.0290. The molecule has 17 heteroatoms. The van der Waals surface area contributed by atoms with Crippen LogP contribution in [-0.2, 0) is 41.8 Å². The Morgan fingerprint density at radius 1 is 0.705 bits per heavy atom. The Balaban J connectivity index is 0.000000491. The van der Waals surface area contributed by atoms with Gasteiger partial charge in [-0.05, 0) is 84.8 Å². The van der Waals surface area contributed by atoms with Gasteiger partial charge in [-0.15, -0.1) is 0 Å². The number of hydrogen-bond acceptors (Lipinski definition) is 11. The van der Waals surface area contributed by atoms with E-state index in [4.69, 9.17) is 31.2 Å². The van der Waals surface area contributed by atoms with Gasteiger partial charge in [-0.3, -0.25) is 14.0 Å². The number of likely N-dealkylation sites (tertiary alicyclic amines) is 2. The van der Waals surface area contributed by atoms with Crippen LogP contribution in [0, 0.1) is 11.8 Å². The molecule has 16 nitrogen and oxygen atoms in total. The van der Waals surface area contributed by atoms with Crippen LogP contribution in [0.2, 0.25) is 0 Å². The van der Waals surface area contributed by atoms with Crippen molar-refractivity contribution in [3.05, 3.63) is 71.8 Å². The van der Waals surface area contributed by atoms with E-state index in [1.54, 1.807) is 9.80 Å². The quantitative estimate of drug-likeness (QED) is 0.124. The van der Waals surface area contributed by atoms with Crippen molar-refractivity contribution < 1.29 is 58.6 Å². The molecule has 0 radical (unpaired) electrons. The second kappa shape index (κ2) is 28.9. The molecule has 2 aromatic rings. The number of rotatable bonds is 12. The number of carbonyl (C=O) groups excluding carboxylic acids is 5. The Morgan fingerprint density at radius 3 is 1.44 bits per heavy atom. The number of ether oxygens (including phenoxy) is 4. The number of amides is 4. The molecule has 0 aromatic heterocycles. The van der Waals surface area contributed by atoms with Crippen LogP contribution in [0.25, 0.3) is 0 Å². The summed E-state index contributed by atoms with van der Waals surface area (Å²) in [5, 5.41) is 14.0. The average Bonchev–Trinajstić information content (AvgIpc) is 3.23. The molecule has 2 saturated heterocycles. The topological polar surface area (TPSA) is 216 Å². The number of alkyl halides is 1. The first-order valence-electron chi connectivity index (χ1n) is 21.1. The number of nitrogens with two attached hydrogens (primary N) is 1. The van der Waals surface area contributed by atoms with Gasteiger partial charge in [-0.25, -0.2) is 19.2 Å². The summed E-state index contributed by atoms with van der Waals surface area (Å²) >= 11 is 0. The van der Waals surface area contributed by atoms with Crippen LogP contribution in [0.1, 0.15) is 92.6 Å². The number of alkyl carbamates (subject to hydrolysis) is 2. The Kier molecular flexibility index (Phi) is 24.5. The Labute approximate surface area is 361 Å². The largest absolute Gasteiger partial charge is 0.481 e. The molecule has 2 aromatic carbocycles. The zero-order valence-corrected chi connectivity index (χ0v) is 36.6. The molecule has 2 aliphatic heterocycles. The maximum absolute atomic E-state index is 12.4. The fourth-order valence-electron chi connectivity index (χ4n) is 5.73. The first-order valence-corrected chi connectivity index (χ1v) is 20.4. The summed E-state index contributed by atoms with van der Waals surface area (Å²) in [6, 6.07) is 19.0. The molecule has 4 amide bonds. The third-order valence-electron chi connectivity index (χ3n) is 8.81. The predicted octanol–water partition coefficient (Wildman–Crippen LogP) is 7.08. The molecule has 0 bridgehead atoms. The average molecular weight is 863 g/mol. The van der Waals surface area contributed by atoms with Crippen molar-refractivity contribution in [1.82, 2.24) is 20.4 Å². The normalized spacial score (nSPS) is 14.4. The number of carbonyl (C=O) groups is 6. The first-order chi connectivity index (χ1) is 29.3. The second-order valence-corrected chi connectivity index (χ2v) is 16.2. The number of hydrogen-bond donors (Lipinski definition) is 4. The van der Waals surface area contributed by atoms with E-state index in [1.807, 2.05) is 102 Å². The maximum atomic E-state index is 12.4. The van der Waals surface area contributed by atoms with Gasteiger partial charge in [0, 0.05) is 58.2 Å². The Bertz CT molecular complexity index is 1610. The molecule has 2 fully saturated rings. The van der Waals surface area contributed by atoms with Crippen LogP contribution in [0.4, 0.5) is 23.6 Å². The Hall–Kier alpha value is -5.45. The lowest BCUT2D eigenvalue weighted by molar-refractivity contribution is -0.143. The molecule has 0 atom stereocenters. The molecule has 2 heterocycles. The number of nitrogens with zero attached hydrogens (tertiary/aromatic N) is 2. The van der Waals surface area contributed by atoms with Crippen molar-refractivity contribution >= 4 is 36.1 Å². The molecular weight excluding hydrogens is 794 g/mol. The number of Topliss-reactive ketones (excluding diaryl/α,β-unsaturated/α-hetero) is 1. The number of carboxylic acids is 1. The summed E-state index contributed by atoms with van der Waals surface area (Å²) in [6.45, 7) is 14.7. The van der Waals surface area contributed by atoms with Gasteiger partial charge in [0.1, 0.15) is 30.2 Å². The highest BCUT2D eigenvalue weighted by Crippen LogP contribution is 2.22. The molecule has 0 saturated carbocycles. The SMILES string of the molecule is CC(C)(C)OC(=O)N1CCC(C(=O)CCCNC(=O)OCc2ccccc2)CC1.CC(C)(C)OC(=O)N1CCC(C(=O)O)CC1.NCCNC(=O)OCc1ccccc1.[2H]CF. The smallest absolute Gasteiger partial charge is 0.410 e. The van der Waals surface area contributed by atoms with Gasteiger partial charge in [0.15, 0.2) is 0 Å². The predicted molar refractivity (Wildman–Crippen MR) is 228 cm³/mol. The maximum Gasteiger partial charge on any atom is 0.410 e. The summed E-state index contributed by atoms with van der Waals surface area (Å²) in [4.78, 5) is 72.7. The molecule has 2 aliphatic rings. The van der Waals surface area contributed by atoms with E-state index < -0.39 is 36.5 Å². The van der Waals surface area contributed by atoms with Gasteiger partial charge in [0.2, 0.25) is 0 Å². The molecule has 5 N–H and O–H groups in total. The fourth-order valence-corrected chi connectivity index (χ4v) is 5.73. The third kappa shape index (κ3) is 25.0. The number of halogens is 1. The van der Waals surface area contributed by atoms with Crippen LogP contribution in [0.5, 0.6) is 0 Å². The molecular formula is C44H68FN5O11. The van der Waals surface area contributed by atoms with Crippen molar-refractivity contribution in [2.24, 2.45) is 17.6 Å². The lowest BCUT2D eigenvalue weighted by atomic mass is 9.90. The first kappa shape index (κ1) is 51.7. The monoisotopic (exact) mass is 862 g/mol. The van der Waals surface area contributed by atoms with Crippen LogP contribution in [-0.4, -0.2) is 115 Å². The summed E-state index contributed by atoms with van der Waals surface area (Å²) in [5.41, 5.74) is 6.09. The molecule has 0 unspecified atom stereocenters.